The van der Waals surface area contributed by atoms with Crippen molar-refractivity contribution in [3.05, 3.63) is 64.6 Å². The second kappa shape index (κ2) is 13.1. The summed E-state index contributed by atoms with van der Waals surface area (Å²) in [7, 11) is 1.36. The Morgan fingerprint density at radius 3 is 2.67 bits per heavy atom. The Balaban J connectivity index is 1.56. The quantitative estimate of drug-likeness (QED) is 0.365. The van der Waals surface area contributed by atoms with Crippen molar-refractivity contribution in [2.45, 2.75) is 75.2 Å². The van der Waals surface area contributed by atoms with E-state index in [1.807, 2.05) is 6.07 Å². The number of anilines is 1. The maximum Gasteiger partial charge on any atom is 0.259 e. The number of methoxy groups -OCH3 is 1. The Kier molecular flexibility index (Phi) is 9.41. The fourth-order valence-electron chi connectivity index (χ4n) is 6.09. The van der Waals surface area contributed by atoms with E-state index in [0.29, 0.717) is 35.3 Å². The van der Waals surface area contributed by atoms with Crippen molar-refractivity contribution in [3.8, 4) is 17.3 Å². The van der Waals surface area contributed by atoms with Crippen LogP contribution in [0.5, 0.6) is 0 Å². The molecule has 5 rings (SSSR count). The van der Waals surface area contributed by atoms with E-state index in [9.17, 15) is 29.8 Å². The molecule has 1 amide bonds. The molecule has 2 heterocycles. The highest BCUT2D eigenvalue weighted by molar-refractivity contribution is 6.31. The van der Waals surface area contributed by atoms with Gasteiger partial charge in [-0.25, -0.2) is 9.07 Å². The third kappa shape index (κ3) is 6.28. The second-order valence-electron chi connectivity index (χ2n) is 11.0. The maximum absolute atomic E-state index is 14.5. The van der Waals surface area contributed by atoms with Gasteiger partial charge in [0.1, 0.15) is 35.9 Å². The van der Waals surface area contributed by atoms with Gasteiger partial charge < -0.3 is 29.7 Å². The van der Waals surface area contributed by atoms with Gasteiger partial charge in [0.25, 0.3) is 5.91 Å². The molecule has 1 aliphatic carbocycles. The highest BCUT2D eigenvalue weighted by Gasteiger charge is 2.52. The van der Waals surface area contributed by atoms with Crippen molar-refractivity contribution < 1.29 is 34.0 Å². The van der Waals surface area contributed by atoms with Crippen molar-refractivity contribution in [2.75, 3.05) is 18.6 Å². The van der Waals surface area contributed by atoms with Crippen LogP contribution in [0.2, 0.25) is 5.02 Å². The van der Waals surface area contributed by atoms with Crippen molar-refractivity contribution in [2.24, 2.45) is 0 Å². The molecule has 7 atom stereocenters. The number of halogens is 2. The number of amides is 1. The van der Waals surface area contributed by atoms with E-state index in [4.69, 9.17) is 21.1 Å². The summed E-state index contributed by atoms with van der Waals surface area (Å²) in [5.74, 6) is -1.05. The number of aliphatic hydroxyl groups excluding tert-OH is 3. The number of rotatable bonds is 7. The molecule has 2 aliphatic rings. The fourth-order valence-corrected chi connectivity index (χ4v) is 6.32. The average Bonchev–Trinajstić information content (AvgIpc) is 3.47. The molecule has 11 nitrogen and oxygen atoms in total. The van der Waals surface area contributed by atoms with Crippen LogP contribution in [0.25, 0.3) is 11.3 Å². The van der Waals surface area contributed by atoms with Gasteiger partial charge in [-0.15, -0.1) is 5.10 Å². The monoisotopic (exact) mass is 613 g/mol. The van der Waals surface area contributed by atoms with E-state index in [2.05, 4.69) is 10.3 Å². The van der Waals surface area contributed by atoms with Crippen LogP contribution in [-0.2, 0) is 14.3 Å². The molecule has 0 unspecified atom stereocenters. The van der Waals surface area contributed by atoms with Crippen LogP contribution in [0.3, 0.4) is 0 Å². The molecule has 0 spiro atoms. The van der Waals surface area contributed by atoms with Gasteiger partial charge in [-0.3, -0.25) is 4.79 Å². The molecule has 3 aromatic rings. The van der Waals surface area contributed by atoms with Crippen LogP contribution in [0.1, 0.15) is 42.9 Å². The minimum absolute atomic E-state index is 0.225. The van der Waals surface area contributed by atoms with Crippen LogP contribution >= 0.6 is 11.6 Å². The summed E-state index contributed by atoms with van der Waals surface area (Å²) in [5, 5.41) is 50.6. The first kappa shape index (κ1) is 31.0. The predicted molar refractivity (Wildman–Crippen MR) is 154 cm³/mol. The maximum atomic E-state index is 14.5. The fraction of sp³-hybridized carbons (Fsp3) is 0.467. The number of hydrogen-bond acceptors (Lipinski definition) is 9. The lowest BCUT2D eigenvalue weighted by atomic mass is 9.88. The zero-order valence-corrected chi connectivity index (χ0v) is 24.4. The third-order valence-corrected chi connectivity index (χ3v) is 8.31. The molecule has 0 bridgehead atoms. The van der Waals surface area contributed by atoms with Gasteiger partial charge in [-0.1, -0.05) is 29.7 Å². The Morgan fingerprint density at radius 2 is 2.00 bits per heavy atom. The molecule has 43 heavy (non-hydrogen) atoms. The number of aryl methyl sites for hydroxylation is 1. The minimum Gasteiger partial charge on any atom is -0.394 e. The molecule has 3 N–H and O–H groups in total. The van der Waals surface area contributed by atoms with E-state index in [1.165, 1.54) is 53.2 Å². The normalized spacial score (nSPS) is 27.4. The topological polar surface area (TPSA) is 154 Å². The predicted octanol–water partition coefficient (Wildman–Crippen LogP) is 2.93. The Morgan fingerprint density at radius 1 is 1.23 bits per heavy atom. The largest absolute Gasteiger partial charge is 0.394 e. The van der Waals surface area contributed by atoms with Gasteiger partial charge in [-0.05, 0) is 61.7 Å². The number of aromatic nitrogens is 3. The molecule has 2 fully saturated rings. The number of nitrogens with zero attached hydrogens (tertiary/aromatic N) is 5. The van der Waals surface area contributed by atoms with Gasteiger partial charge in [-0.2, -0.15) is 5.26 Å². The standard InChI is InChI=1S/C30H33ClFN5O6/c1-16-7-18(11-20(32)8-16)22-14-36(35-34-22)26-27(40)25(15-38)43-29(28(26)42-2)30(41)37(23-5-3-4-6-24(23)39)21-10-17(13-33)9-19(31)12-21/h7-12,14,23-29,38-40H,3-6,15H2,1-2H3/t23-,24-,25+,26-,27-,28+,29+/m0/s1. The first-order valence-corrected chi connectivity index (χ1v) is 14.4. The second-order valence-corrected chi connectivity index (χ2v) is 11.4. The molecule has 1 aliphatic heterocycles. The Bertz CT molecular complexity index is 1490. The number of ether oxygens (including phenoxy) is 2. The smallest absolute Gasteiger partial charge is 0.259 e. The Hall–Kier alpha value is -3.44. The Labute approximate surface area is 253 Å². The summed E-state index contributed by atoms with van der Waals surface area (Å²) in [5.41, 5.74) is 2.00. The van der Waals surface area contributed by atoms with Crippen molar-refractivity contribution >= 4 is 23.2 Å². The summed E-state index contributed by atoms with van der Waals surface area (Å²) in [6.45, 7) is 1.13. The molecular formula is C30H33ClFN5O6. The average molecular weight is 614 g/mol. The van der Waals surface area contributed by atoms with E-state index in [0.717, 1.165) is 12.8 Å². The highest BCUT2D eigenvalue weighted by Crippen LogP contribution is 2.37. The van der Waals surface area contributed by atoms with Crippen molar-refractivity contribution in [1.82, 2.24) is 15.0 Å². The van der Waals surface area contributed by atoms with E-state index >= 15 is 0 Å². The molecule has 0 radical (unpaired) electrons. The van der Waals surface area contributed by atoms with Crippen LogP contribution in [0.15, 0.2) is 42.6 Å². The zero-order valence-electron chi connectivity index (χ0n) is 23.7. The first-order valence-electron chi connectivity index (χ1n) is 14.0. The lowest BCUT2D eigenvalue weighted by molar-refractivity contribution is -0.211. The molecule has 1 saturated carbocycles. The van der Waals surface area contributed by atoms with E-state index in [-0.39, 0.29) is 10.6 Å². The molecule has 2 aromatic carbocycles. The molecular weight excluding hydrogens is 581 g/mol. The van der Waals surface area contributed by atoms with Crippen LogP contribution < -0.4 is 4.90 Å². The van der Waals surface area contributed by atoms with Crippen LogP contribution in [0, 0.1) is 24.1 Å². The first-order chi connectivity index (χ1) is 20.6. The van der Waals surface area contributed by atoms with Crippen molar-refractivity contribution in [1.29, 1.82) is 5.26 Å². The number of hydrogen-bond donors (Lipinski definition) is 3. The highest BCUT2D eigenvalue weighted by atomic mass is 35.5. The summed E-state index contributed by atoms with van der Waals surface area (Å²) in [6.07, 6.45) is -1.91. The van der Waals surface area contributed by atoms with Gasteiger partial charge in [0.2, 0.25) is 0 Å². The number of nitriles is 1. The number of aliphatic hydroxyl groups is 3. The summed E-state index contributed by atoms with van der Waals surface area (Å²) < 4.78 is 27.2. The molecule has 13 heteroatoms. The molecule has 1 saturated heterocycles. The summed E-state index contributed by atoms with van der Waals surface area (Å²) >= 11 is 6.32. The molecule has 1 aromatic heterocycles. The van der Waals surface area contributed by atoms with Crippen LogP contribution in [0.4, 0.5) is 10.1 Å². The number of carbonyl (C=O) groups excluding carboxylic acids is 1. The van der Waals surface area contributed by atoms with Gasteiger partial charge >= 0.3 is 0 Å². The lowest BCUT2D eigenvalue weighted by Crippen LogP contribution is -2.63. The zero-order chi connectivity index (χ0) is 30.8. The SMILES string of the molecule is CO[C@@H]1[C@@H](n2cc(-c3cc(C)cc(F)c3)nn2)[C@@H](O)[C@@H](CO)O[C@H]1C(=O)N(c1cc(Cl)cc(C#N)c1)[C@H]1CCCC[C@@H]1O. The van der Waals surface area contributed by atoms with Gasteiger partial charge in [0.15, 0.2) is 6.10 Å². The van der Waals surface area contributed by atoms with Gasteiger partial charge in [0.05, 0.1) is 36.6 Å². The lowest BCUT2D eigenvalue weighted by Gasteiger charge is -2.46. The number of benzene rings is 2. The minimum atomic E-state index is -1.38. The summed E-state index contributed by atoms with van der Waals surface area (Å²) in [4.78, 5) is 15.9. The van der Waals surface area contributed by atoms with E-state index < -0.39 is 60.9 Å². The van der Waals surface area contributed by atoms with Gasteiger partial charge in [0, 0.05) is 23.4 Å². The van der Waals surface area contributed by atoms with E-state index in [1.54, 1.807) is 13.0 Å². The molecule has 228 valence electrons. The van der Waals surface area contributed by atoms with Crippen LogP contribution in [-0.4, -0.2) is 86.5 Å². The number of carbonyl (C=O) groups is 1. The van der Waals surface area contributed by atoms with Crippen molar-refractivity contribution in [3.63, 3.8) is 0 Å². The third-order valence-electron chi connectivity index (χ3n) is 8.09. The summed E-state index contributed by atoms with van der Waals surface area (Å²) in [6, 6.07) is 9.28.